The molecule has 0 radical (unpaired) electrons. The summed E-state index contributed by atoms with van der Waals surface area (Å²) < 4.78 is 25.0. The summed E-state index contributed by atoms with van der Waals surface area (Å²) in [5.74, 6) is -1.36. The number of carboxylic acid groups (broad SMARTS) is 1. The van der Waals surface area contributed by atoms with E-state index >= 15 is 0 Å². The summed E-state index contributed by atoms with van der Waals surface area (Å²) in [6, 6.07) is 7.37. The van der Waals surface area contributed by atoms with Crippen molar-refractivity contribution in [1.82, 2.24) is 4.31 Å². The Hall–Kier alpha value is -1.40. The Morgan fingerprint density at radius 1 is 1.30 bits per heavy atom. The van der Waals surface area contributed by atoms with E-state index in [0.717, 1.165) is 9.87 Å². The lowest BCUT2D eigenvalue weighted by molar-refractivity contribution is -0.137. The molecule has 0 heterocycles. The van der Waals surface area contributed by atoms with Crippen LogP contribution in [0, 0.1) is 0 Å². The van der Waals surface area contributed by atoms with Crippen LogP contribution >= 0.6 is 0 Å². The van der Waals surface area contributed by atoms with Crippen molar-refractivity contribution in [3.63, 3.8) is 0 Å². The lowest BCUT2D eigenvalue weighted by atomic mass is 9.86. The first-order valence-electron chi connectivity index (χ1n) is 6.27. The van der Waals surface area contributed by atoms with Crippen molar-refractivity contribution in [3.8, 4) is 0 Å². The van der Waals surface area contributed by atoms with Crippen molar-refractivity contribution < 1.29 is 18.3 Å². The van der Waals surface area contributed by atoms with Crippen LogP contribution in [0.25, 0.3) is 0 Å². The third-order valence-electron chi connectivity index (χ3n) is 2.97. The minimum Gasteiger partial charge on any atom is -0.480 e. The zero-order valence-electron chi connectivity index (χ0n) is 12.3. The Bertz CT molecular complexity index is 587. The molecule has 0 bridgehead atoms. The molecule has 112 valence electrons. The van der Waals surface area contributed by atoms with Crippen LogP contribution in [0.2, 0.25) is 0 Å². The van der Waals surface area contributed by atoms with Gasteiger partial charge in [0, 0.05) is 7.05 Å². The van der Waals surface area contributed by atoms with E-state index in [-0.39, 0.29) is 11.2 Å². The second-order valence-corrected chi connectivity index (χ2v) is 7.93. The van der Waals surface area contributed by atoms with Crippen LogP contribution in [0.5, 0.6) is 0 Å². The number of hydrogen-bond acceptors (Lipinski definition) is 3. The summed E-state index contributed by atoms with van der Waals surface area (Å²) in [6.45, 7) is 5.63. The van der Waals surface area contributed by atoms with Crippen LogP contribution < -0.4 is 0 Å². The van der Waals surface area contributed by atoms with E-state index in [1.54, 1.807) is 6.07 Å². The number of aliphatic carboxylic acids is 1. The van der Waals surface area contributed by atoms with E-state index in [0.29, 0.717) is 5.56 Å². The number of carbonyl (C=O) groups is 1. The van der Waals surface area contributed by atoms with E-state index in [9.17, 15) is 13.2 Å². The Morgan fingerprint density at radius 2 is 1.90 bits per heavy atom. The maximum atomic E-state index is 12.1. The van der Waals surface area contributed by atoms with Crippen molar-refractivity contribution in [2.75, 3.05) is 13.6 Å². The summed E-state index contributed by atoms with van der Waals surface area (Å²) in [7, 11) is -2.34. The zero-order chi connectivity index (χ0) is 15.6. The lowest BCUT2D eigenvalue weighted by Gasteiger charge is -2.20. The van der Waals surface area contributed by atoms with E-state index in [1.807, 2.05) is 18.2 Å². The highest BCUT2D eigenvalue weighted by Crippen LogP contribution is 2.23. The molecule has 6 heteroatoms. The van der Waals surface area contributed by atoms with Gasteiger partial charge in [0.2, 0.25) is 10.0 Å². The van der Waals surface area contributed by atoms with Crippen LogP contribution in [0.3, 0.4) is 0 Å². The molecule has 20 heavy (non-hydrogen) atoms. The fourth-order valence-electron chi connectivity index (χ4n) is 1.74. The van der Waals surface area contributed by atoms with Crippen molar-refractivity contribution in [1.29, 1.82) is 0 Å². The van der Waals surface area contributed by atoms with Gasteiger partial charge in [-0.05, 0) is 16.5 Å². The Balaban J connectivity index is 2.96. The van der Waals surface area contributed by atoms with Gasteiger partial charge in [-0.15, -0.1) is 0 Å². The van der Waals surface area contributed by atoms with E-state index in [1.165, 1.54) is 7.05 Å². The molecule has 0 saturated carbocycles. The summed E-state index contributed by atoms with van der Waals surface area (Å²) >= 11 is 0. The highest BCUT2D eigenvalue weighted by Gasteiger charge is 2.22. The van der Waals surface area contributed by atoms with Crippen LogP contribution in [0.1, 0.15) is 31.9 Å². The van der Waals surface area contributed by atoms with Crippen molar-refractivity contribution in [2.24, 2.45) is 0 Å². The standard InChI is InChI=1S/C14H21NO4S/c1-14(2,3)12-7-5-6-11(8-12)10-20(18,19)15(4)9-13(16)17/h5-8H,9-10H2,1-4H3,(H,16,17). The first-order valence-corrected chi connectivity index (χ1v) is 7.88. The van der Waals surface area contributed by atoms with Crippen molar-refractivity contribution >= 4 is 16.0 Å². The molecule has 5 nitrogen and oxygen atoms in total. The fraction of sp³-hybridized carbons (Fsp3) is 0.500. The highest BCUT2D eigenvalue weighted by atomic mass is 32.2. The predicted octanol–water partition coefficient (Wildman–Crippen LogP) is 1.83. The predicted molar refractivity (Wildman–Crippen MR) is 78.0 cm³/mol. The van der Waals surface area contributed by atoms with Gasteiger partial charge >= 0.3 is 5.97 Å². The van der Waals surface area contributed by atoms with E-state index in [4.69, 9.17) is 5.11 Å². The minimum atomic E-state index is -3.62. The van der Waals surface area contributed by atoms with E-state index in [2.05, 4.69) is 20.8 Å². The Kier molecular flexibility index (Phi) is 4.94. The second kappa shape index (κ2) is 5.93. The second-order valence-electron chi connectivity index (χ2n) is 5.86. The molecule has 1 aromatic carbocycles. The van der Waals surface area contributed by atoms with Gasteiger partial charge < -0.3 is 5.11 Å². The average Bonchev–Trinajstić information content (AvgIpc) is 2.26. The third kappa shape index (κ3) is 4.61. The lowest BCUT2D eigenvalue weighted by Crippen LogP contribution is -2.33. The molecule has 1 aromatic rings. The van der Waals surface area contributed by atoms with Gasteiger partial charge in [-0.3, -0.25) is 4.79 Å². The van der Waals surface area contributed by atoms with Crippen molar-refractivity contribution in [2.45, 2.75) is 31.9 Å². The number of carboxylic acids is 1. The first kappa shape index (κ1) is 16.7. The molecule has 0 amide bonds. The van der Waals surface area contributed by atoms with Crippen LogP contribution in [-0.2, 0) is 26.0 Å². The maximum Gasteiger partial charge on any atom is 0.318 e. The van der Waals surface area contributed by atoms with Crippen LogP contribution in [0.4, 0.5) is 0 Å². The number of benzene rings is 1. The molecule has 0 saturated heterocycles. The molecule has 0 unspecified atom stereocenters. The summed E-state index contributed by atoms with van der Waals surface area (Å²) in [5, 5.41) is 8.66. The molecule has 0 aliphatic heterocycles. The monoisotopic (exact) mass is 299 g/mol. The third-order valence-corrected chi connectivity index (χ3v) is 4.75. The van der Waals surface area contributed by atoms with Gasteiger partial charge in [0.25, 0.3) is 0 Å². The largest absolute Gasteiger partial charge is 0.480 e. The maximum absolute atomic E-state index is 12.1. The molecule has 1 rings (SSSR count). The molecule has 0 aliphatic carbocycles. The average molecular weight is 299 g/mol. The van der Waals surface area contributed by atoms with Gasteiger partial charge in [0.05, 0.1) is 5.75 Å². The zero-order valence-corrected chi connectivity index (χ0v) is 13.1. The molecule has 1 N–H and O–H groups in total. The summed E-state index contributed by atoms with van der Waals surface area (Å²) in [5.41, 5.74) is 1.65. The van der Waals surface area contributed by atoms with Gasteiger partial charge in [-0.2, -0.15) is 4.31 Å². The van der Waals surface area contributed by atoms with Crippen LogP contribution in [-0.4, -0.2) is 37.4 Å². The number of rotatable bonds is 5. The molecule has 0 fully saturated rings. The van der Waals surface area contributed by atoms with Crippen molar-refractivity contribution in [3.05, 3.63) is 35.4 Å². The Morgan fingerprint density at radius 3 is 2.40 bits per heavy atom. The smallest absolute Gasteiger partial charge is 0.318 e. The topological polar surface area (TPSA) is 74.7 Å². The minimum absolute atomic E-state index is 0.0628. The first-order chi connectivity index (χ1) is 9.02. The molecule has 0 atom stereocenters. The number of nitrogens with zero attached hydrogens (tertiary/aromatic N) is 1. The molecule has 0 aliphatic rings. The number of hydrogen-bond donors (Lipinski definition) is 1. The highest BCUT2D eigenvalue weighted by molar-refractivity contribution is 7.88. The number of likely N-dealkylation sites (N-methyl/N-ethyl adjacent to an activating group) is 1. The molecule has 0 spiro atoms. The summed E-state index contributed by atoms with van der Waals surface area (Å²) in [6.07, 6.45) is 0. The van der Waals surface area contributed by atoms with Gasteiger partial charge in [0.1, 0.15) is 6.54 Å². The van der Waals surface area contributed by atoms with Gasteiger partial charge in [-0.25, -0.2) is 8.42 Å². The normalized spacial score (nSPS) is 12.7. The van der Waals surface area contributed by atoms with Gasteiger partial charge in [0.15, 0.2) is 0 Å². The summed E-state index contributed by atoms with van der Waals surface area (Å²) in [4.78, 5) is 10.6. The fourth-order valence-corrected chi connectivity index (χ4v) is 2.87. The van der Waals surface area contributed by atoms with Crippen LogP contribution in [0.15, 0.2) is 24.3 Å². The SMILES string of the molecule is CN(CC(=O)O)S(=O)(=O)Cc1cccc(C(C)(C)C)c1. The number of sulfonamides is 1. The van der Waals surface area contributed by atoms with Gasteiger partial charge in [-0.1, -0.05) is 45.0 Å². The molecular weight excluding hydrogens is 278 g/mol. The Labute approximate surface area is 120 Å². The quantitative estimate of drug-likeness (QED) is 0.900. The molecule has 0 aromatic heterocycles. The molecular formula is C14H21NO4S. The van der Waals surface area contributed by atoms with E-state index < -0.39 is 22.5 Å².